The number of piperazine rings is 1. The smallest absolute Gasteiger partial charge is 0.317 e. The quantitative estimate of drug-likeness (QED) is 0.871. The second-order valence-electron chi connectivity index (χ2n) is 5.45. The SMILES string of the molecule is CNC(=O)N1CCN(Cc2cccc3c2NCC3)CC1.Cl. The van der Waals surface area contributed by atoms with E-state index in [2.05, 4.69) is 33.7 Å². The van der Waals surface area contributed by atoms with Crippen LogP contribution < -0.4 is 10.6 Å². The number of halogens is 1. The fourth-order valence-corrected chi connectivity index (χ4v) is 3.05. The molecule has 1 fully saturated rings. The molecule has 2 amide bonds. The van der Waals surface area contributed by atoms with E-state index in [0.717, 1.165) is 45.7 Å². The number of hydrogen-bond acceptors (Lipinski definition) is 3. The van der Waals surface area contributed by atoms with Gasteiger partial charge in [-0.1, -0.05) is 18.2 Å². The molecule has 0 atom stereocenters. The van der Waals surface area contributed by atoms with E-state index in [-0.39, 0.29) is 18.4 Å². The summed E-state index contributed by atoms with van der Waals surface area (Å²) in [4.78, 5) is 15.9. The first-order valence-electron chi connectivity index (χ1n) is 7.31. The van der Waals surface area contributed by atoms with Crippen LogP contribution in [0.2, 0.25) is 0 Å². The van der Waals surface area contributed by atoms with E-state index in [4.69, 9.17) is 0 Å². The van der Waals surface area contributed by atoms with Gasteiger partial charge in [0.2, 0.25) is 0 Å². The molecule has 2 aliphatic rings. The van der Waals surface area contributed by atoms with Crippen molar-refractivity contribution in [2.75, 3.05) is 45.1 Å². The first-order valence-corrected chi connectivity index (χ1v) is 7.31. The van der Waals surface area contributed by atoms with E-state index >= 15 is 0 Å². The standard InChI is InChI=1S/C15H22N4O.ClH/c1-16-15(20)19-9-7-18(8-10-19)11-13-4-2-3-12-5-6-17-14(12)13;/h2-4,17H,5-11H2,1H3,(H,16,20);1H. The molecule has 0 radical (unpaired) electrons. The van der Waals surface area contributed by atoms with Crippen LogP contribution in [0.15, 0.2) is 18.2 Å². The van der Waals surface area contributed by atoms with Crippen LogP contribution in [0.4, 0.5) is 10.5 Å². The Hall–Kier alpha value is -1.46. The molecule has 2 heterocycles. The number of para-hydroxylation sites is 1. The summed E-state index contributed by atoms with van der Waals surface area (Å²) in [6, 6.07) is 6.61. The van der Waals surface area contributed by atoms with E-state index in [1.54, 1.807) is 7.05 Å². The molecular formula is C15H23ClN4O. The lowest BCUT2D eigenvalue weighted by Crippen LogP contribution is -2.50. The van der Waals surface area contributed by atoms with Gasteiger partial charge in [0.1, 0.15) is 0 Å². The summed E-state index contributed by atoms with van der Waals surface area (Å²) < 4.78 is 0. The van der Waals surface area contributed by atoms with E-state index in [9.17, 15) is 4.79 Å². The highest BCUT2D eigenvalue weighted by Crippen LogP contribution is 2.27. The van der Waals surface area contributed by atoms with Gasteiger partial charge < -0.3 is 15.5 Å². The van der Waals surface area contributed by atoms with Crippen LogP contribution >= 0.6 is 12.4 Å². The van der Waals surface area contributed by atoms with Gasteiger partial charge in [0.05, 0.1) is 0 Å². The van der Waals surface area contributed by atoms with Crippen molar-refractivity contribution in [2.24, 2.45) is 0 Å². The van der Waals surface area contributed by atoms with Gasteiger partial charge in [-0.15, -0.1) is 12.4 Å². The van der Waals surface area contributed by atoms with Crippen molar-refractivity contribution in [3.8, 4) is 0 Å². The van der Waals surface area contributed by atoms with Crippen molar-refractivity contribution >= 4 is 24.1 Å². The molecule has 0 aliphatic carbocycles. The van der Waals surface area contributed by atoms with E-state index < -0.39 is 0 Å². The molecule has 5 nitrogen and oxygen atoms in total. The number of nitrogens with one attached hydrogen (secondary N) is 2. The van der Waals surface area contributed by atoms with Crippen LogP contribution in [0.25, 0.3) is 0 Å². The number of anilines is 1. The van der Waals surface area contributed by atoms with E-state index in [1.165, 1.54) is 16.8 Å². The van der Waals surface area contributed by atoms with Crippen LogP contribution in [-0.4, -0.2) is 55.6 Å². The minimum absolute atomic E-state index is 0. The topological polar surface area (TPSA) is 47.6 Å². The molecule has 0 spiro atoms. The van der Waals surface area contributed by atoms with Crippen molar-refractivity contribution < 1.29 is 4.79 Å². The first-order chi connectivity index (χ1) is 9.78. The normalized spacial score (nSPS) is 17.7. The number of carbonyl (C=O) groups excluding carboxylic acids is 1. The van der Waals surface area contributed by atoms with E-state index in [0.29, 0.717) is 0 Å². The molecule has 0 bridgehead atoms. The van der Waals surface area contributed by atoms with Crippen molar-refractivity contribution in [3.63, 3.8) is 0 Å². The summed E-state index contributed by atoms with van der Waals surface area (Å²) in [5, 5.41) is 6.18. The number of urea groups is 1. The van der Waals surface area contributed by atoms with Gasteiger partial charge in [-0.2, -0.15) is 0 Å². The van der Waals surface area contributed by atoms with Crippen LogP contribution in [-0.2, 0) is 13.0 Å². The maximum Gasteiger partial charge on any atom is 0.317 e. The number of rotatable bonds is 2. The molecule has 116 valence electrons. The summed E-state index contributed by atoms with van der Waals surface area (Å²) in [7, 11) is 1.69. The van der Waals surface area contributed by atoms with Gasteiger partial charge >= 0.3 is 6.03 Å². The Balaban J connectivity index is 0.00000161. The third-order valence-corrected chi connectivity index (χ3v) is 4.20. The second-order valence-corrected chi connectivity index (χ2v) is 5.45. The molecule has 1 aromatic rings. The number of fused-ring (bicyclic) bond motifs is 1. The van der Waals surface area contributed by atoms with Gasteiger partial charge in [0, 0.05) is 52.0 Å². The Morgan fingerprint density at radius 2 is 2.05 bits per heavy atom. The number of carbonyl (C=O) groups is 1. The largest absolute Gasteiger partial charge is 0.384 e. The zero-order valence-corrected chi connectivity index (χ0v) is 13.2. The van der Waals surface area contributed by atoms with E-state index in [1.807, 2.05) is 4.90 Å². The molecule has 21 heavy (non-hydrogen) atoms. The minimum Gasteiger partial charge on any atom is -0.384 e. The minimum atomic E-state index is 0. The van der Waals surface area contributed by atoms with Crippen LogP contribution in [0.3, 0.4) is 0 Å². The van der Waals surface area contributed by atoms with Gasteiger partial charge in [-0.25, -0.2) is 4.79 Å². The number of amides is 2. The molecule has 3 rings (SSSR count). The zero-order chi connectivity index (χ0) is 13.9. The summed E-state index contributed by atoms with van der Waals surface area (Å²) in [6.07, 6.45) is 1.13. The summed E-state index contributed by atoms with van der Waals surface area (Å²) in [5.74, 6) is 0. The molecule has 2 N–H and O–H groups in total. The predicted molar refractivity (Wildman–Crippen MR) is 87.2 cm³/mol. The summed E-state index contributed by atoms with van der Waals surface area (Å²) in [6.45, 7) is 5.52. The number of benzene rings is 1. The van der Waals surface area contributed by atoms with Crippen LogP contribution in [0, 0.1) is 0 Å². The first kappa shape index (κ1) is 15.9. The molecule has 0 saturated carbocycles. The Labute approximate surface area is 132 Å². The Morgan fingerprint density at radius 1 is 1.29 bits per heavy atom. The summed E-state index contributed by atoms with van der Waals surface area (Å²) >= 11 is 0. The Morgan fingerprint density at radius 3 is 2.76 bits per heavy atom. The van der Waals surface area contributed by atoms with Gasteiger partial charge in [0.15, 0.2) is 0 Å². The maximum absolute atomic E-state index is 11.6. The lowest BCUT2D eigenvalue weighted by Gasteiger charge is -2.34. The second kappa shape index (κ2) is 7.00. The summed E-state index contributed by atoms with van der Waals surface area (Å²) in [5.41, 5.74) is 4.15. The van der Waals surface area contributed by atoms with Crippen LogP contribution in [0.1, 0.15) is 11.1 Å². The van der Waals surface area contributed by atoms with Gasteiger partial charge in [-0.05, 0) is 17.5 Å². The molecule has 0 aromatic heterocycles. The van der Waals surface area contributed by atoms with Crippen molar-refractivity contribution in [1.29, 1.82) is 0 Å². The third kappa shape index (κ3) is 3.41. The molecule has 6 heteroatoms. The maximum atomic E-state index is 11.6. The average molecular weight is 311 g/mol. The molecular weight excluding hydrogens is 288 g/mol. The zero-order valence-electron chi connectivity index (χ0n) is 12.4. The highest BCUT2D eigenvalue weighted by atomic mass is 35.5. The van der Waals surface area contributed by atoms with Crippen LogP contribution in [0.5, 0.6) is 0 Å². The molecule has 2 aliphatic heterocycles. The lowest BCUT2D eigenvalue weighted by atomic mass is 10.1. The highest BCUT2D eigenvalue weighted by Gasteiger charge is 2.22. The molecule has 1 aromatic carbocycles. The molecule has 1 saturated heterocycles. The number of hydrogen-bond donors (Lipinski definition) is 2. The van der Waals surface area contributed by atoms with Crippen molar-refractivity contribution in [1.82, 2.24) is 15.1 Å². The fraction of sp³-hybridized carbons (Fsp3) is 0.533. The lowest BCUT2D eigenvalue weighted by molar-refractivity contribution is 0.136. The average Bonchev–Trinajstić information content (AvgIpc) is 2.97. The van der Waals surface area contributed by atoms with Gasteiger partial charge in [0.25, 0.3) is 0 Å². The molecule has 0 unspecified atom stereocenters. The van der Waals surface area contributed by atoms with Crippen molar-refractivity contribution in [3.05, 3.63) is 29.3 Å². The van der Waals surface area contributed by atoms with Gasteiger partial charge in [-0.3, -0.25) is 4.90 Å². The monoisotopic (exact) mass is 310 g/mol. The Kier molecular flexibility index (Phi) is 5.31. The fourth-order valence-electron chi connectivity index (χ4n) is 3.05. The highest BCUT2D eigenvalue weighted by molar-refractivity contribution is 5.85. The number of nitrogens with zero attached hydrogens (tertiary/aromatic N) is 2. The Bertz CT molecular complexity index is 500. The van der Waals surface area contributed by atoms with Crippen molar-refractivity contribution in [2.45, 2.75) is 13.0 Å². The third-order valence-electron chi connectivity index (χ3n) is 4.20. The predicted octanol–water partition coefficient (Wildman–Crippen LogP) is 1.53.